The fourth-order valence-corrected chi connectivity index (χ4v) is 4.84. The first-order valence-electron chi connectivity index (χ1n) is 14.1. The van der Waals surface area contributed by atoms with Crippen molar-refractivity contribution in [3.05, 3.63) is 47.5 Å². The molecule has 2 aromatic rings. The highest BCUT2D eigenvalue weighted by Gasteiger charge is 2.53. The zero-order valence-corrected chi connectivity index (χ0v) is 25.1. The fraction of sp³-hybridized carbons (Fsp3) is 0.452. The molecule has 4 rings (SSSR count). The maximum Gasteiger partial charge on any atom is 0.303 e. The number of rotatable bonds is 10. The summed E-state index contributed by atoms with van der Waals surface area (Å²) >= 11 is 0. The van der Waals surface area contributed by atoms with Gasteiger partial charge in [0.25, 0.3) is 0 Å². The molecule has 0 bridgehead atoms. The number of aromatic hydroxyl groups is 1. The van der Waals surface area contributed by atoms with Crippen molar-refractivity contribution in [2.45, 2.75) is 71.2 Å². The molecule has 14 nitrogen and oxygen atoms in total. The number of hydrogen-bond donors (Lipinski definition) is 1. The fourth-order valence-electron chi connectivity index (χ4n) is 4.84. The van der Waals surface area contributed by atoms with Crippen molar-refractivity contribution in [3.63, 3.8) is 0 Å². The number of phenolic OH excluding ortho intramolecular Hbond substituents is 1. The van der Waals surface area contributed by atoms with Crippen LogP contribution < -0.4 is 14.2 Å². The number of benzene rings is 2. The van der Waals surface area contributed by atoms with Gasteiger partial charge in [0.1, 0.15) is 24.2 Å². The molecule has 1 fully saturated rings. The van der Waals surface area contributed by atoms with Crippen LogP contribution in [-0.4, -0.2) is 85.3 Å². The van der Waals surface area contributed by atoms with Crippen LogP contribution in [0.25, 0.3) is 0 Å². The lowest BCUT2D eigenvalue weighted by Crippen LogP contribution is -2.63. The number of ketones is 1. The molecule has 45 heavy (non-hydrogen) atoms. The lowest BCUT2D eigenvalue weighted by Gasteiger charge is -2.43. The van der Waals surface area contributed by atoms with Gasteiger partial charge in [-0.05, 0) is 29.8 Å². The van der Waals surface area contributed by atoms with E-state index in [1.54, 1.807) is 18.2 Å². The first-order chi connectivity index (χ1) is 21.4. The Hall–Kier alpha value is -4.85. The zero-order valence-electron chi connectivity index (χ0n) is 25.1. The molecular weight excluding hydrogens is 596 g/mol. The van der Waals surface area contributed by atoms with Gasteiger partial charge in [-0.25, -0.2) is 0 Å². The van der Waals surface area contributed by atoms with Crippen molar-refractivity contribution in [2.75, 3.05) is 19.8 Å². The van der Waals surface area contributed by atoms with E-state index in [0.29, 0.717) is 30.3 Å². The van der Waals surface area contributed by atoms with Crippen LogP contribution in [0.4, 0.5) is 0 Å². The lowest BCUT2D eigenvalue weighted by molar-refractivity contribution is -0.288. The summed E-state index contributed by atoms with van der Waals surface area (Å²) < 4.78 is 44.3. The molecule has 0 aromatic heterocycles. The second-order valence-electron chi connectivity index (χ2n) is 10.3. The minimum atomic E-state index is -1.51. The summed E-state index contributed by atoms with van der Waals surface area (Å²) in [5, 5.41) is 10.8. The van der Waals surface area contributed by atoms with Crippen LogP contribution in [0.1, 0.15) is 50.0 Å². The minimum Gasteiger partial charge on any atom is -0.507 e. The quantitative estimate of drug-likeness (QED) is 0.230. The Labute approximate surface area is 258 Å². The molecule has 242 valence electrons. The molecule has 14 heteroatoms. The standard InChI is InChI=1S/C31H34O14/c1-16(32)40-15-27-28(41-17(2)33)29(42-18(3)34)30(43-19(4)35)31(45-27)44-21-7-8-22(24(37)14-21)23(36)12-20-6-9-25-26(13-20)39-11-5-10-38-25/h6-9,13-14,27-31,37H,5,10-12,15H2,1-4H3/t27-,28+,29+,30+,31-/m0/s1. The summed E-state index contributed by atoms with van der Waals surface area (Å²) in [6, 6.07) is 9.08. The van der Waals surface area contributed by atoms with Crippen molar-refractivity contribution < 1.29 is 67.0 Å². The summed E-state index contributed by atoms with van der Waals surface area (Å²) in [6.07, 6.45) is -6.27. The summed E-state index contributed by atoms with van der Waals surface area (Å²) in [7, 11) is 0. The SMILES string of the molecule is CC(=O)OC[C@@H]1O[C@H](Oc2ccc(C(=O)Cc3ccc4c(c3)OCCCO4)c(O)c2)[C@H](OC(C)=O)[C@H](OC(C)=O)[C@@H]1OC(C)=O. The van der Waals surface area contributed by atoms with Crippen molar-refractivity contribution in [1.29, 1.82) is 0 Å². The number of phenols is 1. The number of carbonyl (C=O) groups excluding carboxylic acids is 5. The molecule has 0 radical (unpaired) electrons. The molecule has 1 N–H and O–H groups in total. The lowest BCUT2D eigenvalue weighted by atomic mass is 9.98. The zero-order chi connectivity index (χ0) is 32.7. The van der Waals surface area contributed by atoms with Crippen molar-refractivity contribution >= 4 is 29.7 Å². The van der Waals surface area contributed by atoms with Gasteiger partial charge < -0.3 is 43.0 Å². The van der Waals surface area contributed by atoms with Crippen LogP contribution in [-0.2, 0) is 49.3 Å². The maximum atomic E-state index is 13.1. The molecule has 5 atom stereocenters. The normalized spacial score (nSPS) is 22.3. The molecule has 0 aliphatic carbocycles. The summed E-state index contributed by atoms with van der Waals surface area (Å²) in [6.45, 7) is 5.06. The second-order valence-corrected chi connectivity index (χ2v) is 10.3. The Kier molecular flexibility index (Phi) is 10.8. The van der Waals surface area contributed by atoms with Crippen molar-refractivity contribution in [1.82, 2.24) is 0 Å². The van der Waals surface area contributed by atoms with Crippen molar-refractivity contribution in [2.24, 2.45) is 0 Å². The van der Waals surface area contributed by atoms with E-state index in [1.165, 1.54) is 12.1 Å². The van der Waals surface area contributed by atoms with E-state index in [1.807, 2.05) is 0 Å². The van der Waals surface area contributed by atoms with E-state index in [-0.39, 0.29) is 23.5 Å². The number of hydrogen-bond acceptors (Lipinski definition) is 14. The molecule has 0 unspecified atom stereocenters. The molecule has 0 saturated carbocycles. The van der Waals surface area contributed by atoms with Crippen LogP contribution >= 0.6 is 0 Å². The van der Waals surface area contributed by atoms with Gasteiger partial charge >= 0.3 is 23.9 Å². The van der Waals surface area contributed by atoms with Gasteiger partial charge in [-0.2, -0.15) is 0 Å². The molecule has 0 amide bonds. The van der Waals surface area contributed by atoms with Gasteiger partial charge in [-0.1, -0.05) is 6.07 Å². The van der Waals surface area contributed by atoms with Crippen LogP contribution in [0.15, 0.2) is 36.4 Å². The predicted molar refractivity (Wildman–Crippen MR) is 151 cm³/mol. The number of ether oxygens (including phenoxy) is 8. The average Bonchev–Trinajstić information content (AvgIpc) is 3.19. The number of Topliss-reactive ketones (excluding diaryl/α,β-unsaturated/α-hetero) is 1. The largest absolute Gasteiger partial charge is 0.507 e. The Morgan fingerprint density at radius 3 is 2.07 bits per heavy atom. The highest BCUT2D eigenvalue weighted by atomic mass is 16.7. The molecule has 2 heterocycles. The van der Waals surface area contributed by atoms with Crippen molar-refractivity contribution in [3.8, 4) is 23.0 Å². The van der Waals surface area contributed by atoms with Gasteiger partial charge in [0, 0.05) is 46.6 Å². The first-order valence-corrected chi connectivity index (χ1v) is 14.1. The third kappa shape index (κ3) is 8.85. The molecule has 1 saturated heterocycles. The van der Waals surface area contributed by atoms with E-state index >= 15 is 0 Å². The molecular formula is C31H34O14. The third-order valence-electron chi connectivity index (χ3n) is 6.65. The summed E-state index contributed by atoms with van der Waals surface area (Å²) in [5.74, 6) is -2.71. The average molecular weight is 631 g/mol. The predicted octanol–water partition coefficient (Wildman–Crippen LogP) is 2.44. The molecule has 2 aliphatic heterocycles. The van der Waals surface area contributed by atoms with Crippen LogP contribution in [0.2, 0.25) is 0 Å². The summed E-state index contributed by atoms with van der Waals surface area (Å²) in [4.78, 5) is 60.6. The Balaban J connectivity index is 1.57. The van der Waals surface area contributed by atoms with Gasteiger partial charge in [-0.3, -0.25) is 24.0 Å². The summed E-state index contributed by atoms with van der Waals surface area (Å²) in [5.41, 5.74) is 0.664. The van der Waals surface area contributed by atoms with Crippen LogP contribution in [0.3, 0.4) is 0 Å². The maximum absolute atomic E-state index is 13.1. The highest BCUT2D eigenvalue weighted by molar-refractivity contribution is 6.00. The monoisotopic (exact) mass is 630 g/mol. The van der Waals surface area contributed by atoms with E-state index in [4.69, 9.17) is 37.9 Å². The molecule has 2 aromatic carbocycles. The van der Waals surface area contributed by atoms with E-state index < -0.39 is 66.9 Å². The second kappa shape index (κ2) is 14.8. The molecule has 0 spiro atoms. The topological polar surface area (TPSA) is 179 Å². The van der Waals surface area contributed by atoms with E-state index in [2.05, 4.69) is 0 Å². The van der Waals surface area contributed by atoms with E-state index in [0.717, 1.165) is 40.2 Å². The van der Waals surface area contributed by atoms with Crippen LogP contribution in [0.5, 0.6) is 23.0 Å². The molecule has 2 aliphatic rings. The third-order valence-corrected chi connectivity index (χ3v) is 6.65. The van der Waals surface area contributed by atoms with Gasteiger partial charge in [0.2, 0.25) is 12.4 Å². The van der Waals surface area contributed by atoms with Gasteiger partial charge in [-0.15, -0.1) is 0 Å². The van der Waals surface area contributed by atoms with Crippen LogP contribution in [0, 0.1) is 0 Å². The highest BCUT2D eigenvalue weighted by Crippen LogP contribution is 2.34. The Bertz CT molecular complexity index is 1440. The smallest absolute Gasteiger partial charge is 0.303 e. The number of fused-ring (bicyclic) bond motifs is 1. The number of esters is 4. The first kappa shape index (κ1) is 33.1. The Morgan fingerprint density at radius 2 is 1.42 bits per heavy atom. The minimum absolute atomic E-state index is 0.0102. The Morgan fingerprint density at radius 1 is 0.778 bits per heavy atom. The number of carbonyl (C=O) groups is 5. The van der Waals surface area contributed by atoms with E-state index in [9.17, 15) is 29.1 Å². The van der Waals surface area contributed by atoms with Gasteiger partial charge in [0.15, 0.2) is 29.5 Å². The van der Waals surface area contributed by atoms with Gasteiger partial charge in [0.05, 0.1) is 18.8 Å².